The number of benzene rings is 1. The van der Waals surface area contributed by atoms with Gasteiger partial charge in [0.05, 0.1) is 0 Å². The Balaban J connectivity index is 1.37. The Morgan fingerprint density at radius 3 is 2.30 bits per heavy atom. The summed E-state index contributed by atoms with van der Waals surface area (Å²) in [5.74, 6) is 0.248. The third-order valence-electron chi connectivity index (χ3n) is 5.34. The molecule has 3 rings (SSSR count). The first-order valence-electron chi connectivity index (χ1n) is 9.88. The molecule has 0 bridgehead atoms. The van der Waals surface area contributed by atoms with E-state index in [4.69, 9.17) is 0 Å². The molecule has 1 aromatic rings. The van der Waals surface area contributed by atoms with Crippen LogP contribution in [0.1, 0.15) is 12.0 Å². The normalized spacial score (nSPS) is 18.4. The number of hydrogen-bond donors (Lipinski definition) is 1. The number of rotatable bonds is 5. The quantitative estimate of drug-likeness (QED) is 0.825. The largest absolute Gasteiger partial charge is 0.340 e. The molecule has 7 nitrogen and oxygen atoms in total. The minimum Gasteiger partial charge on any atom is -0.340 e. The van der Waals surface area contributed by atoms with Crippen molar-refractivity contribution in [1.29, 1.82) is 0 Å². The summed E-state index contributed by atoms with van der Waals surface area (Å²) < 4.78 is 0. The molecular weight excluding hydrogens is 342 g/mol. The van der Waals surface area contributed by atoms with Crippen molar-refractivity contribution in [3.8, 4) is 0 Å². The smallest absolute Gasteiger partial charge is 0.320 e. The van der Waals surface area contributed by atoms with Gasteiger partial charge in [0.15, 0.2) is 0 Å². The lowest BCUT2D eigenvalue weighted by Crippen LogP contribution is -2.52. The average Bonchev–Trinajstić information content (AvgIpc) is 2.73. The third-order valence-corrected chi connectivity index (χ3v) is 5.34. The van der Waals surface area contributed by atoms with Crippen molar-refractivity contribution in [3.05, 3.63) is 35.9 Å². The molecule has 0 spiro atoms. The Kier molecular flexibility index (Phi) is 7.06. The molecule has 0 aromatic heterocycles. The van der Waals surface area contributed by atoms with Gasteiger partial charge in [-0.2, -0.15) is 0 Å². The molecule has 0 atom stereocenters. The number of hydrogen-bond acceptors (Lipinski definition) is 4. The SMILES string of the molecule is CN(Cc1ccccc1)C(=O)N1CCN(CCC(=O)N2CCNCC2)CC1. The second-order valence-corrected chi connectivity index (χ2v) is 7.33. The number of amides is 3. The number of carbonyl (C=O) groups excluding carboxylic acids is 2. The molecule has 1 N–H and O–H groups in total. The molecular formula is C20H31N5O2. The van der Waals surface area contributed by atoms with E-state index in [9.17, 15) is 9.59 Å². The monoisotopic (exact) mass is 373 g/mol. The van der Waals surface area contributed by atoms with E-state index in [1.807, 2.05) is 47.2 Å². The van der Waals surface area contributed by atoms with E-state index < -0.39 is 0 Å². The lowest BCUT2D eigenvalue weighted by atomic mass is 10.2. The van der Waals surface area contributed by atoms with Gasteiger partial charge in [-0.05, 0) is 5.56 Å². The minimum atomic E-state index is 0.0791. The predicted molar refractivity (Wildman–Crippen MR) is 105 cm³/mol. The molecule has 27 heavy (non-hydrogen) atoms. The fourth-order valence-electron chi connectivity index (χ4n) is 3.66. The first kappa shape index (κ1) is 19.6. The van der Waals surface area contributed by atoms with Gasteiger partial charge in [0.25, 0.3) is 0 Å². The van der Waals surface area contributed by atoms with Gasteiger partial charge in [-0.3, -0.25) is 9.69 Å². The van der Waals surface area contributed by atoms with Gasteiger partial charge in [-0.15, -0.1) is 0 Å². The lowest BCUT2D eigenvalue weighted by molar-refractivity contribution is -0.132. The van der Waals surface area contributed by atoms with E-state index >= 15 is 0 Å². The van der Waals surface area contributed by atoms with Crippen LogP contribution in [0.4, 0.5) is 4.79 Å². The molecule has 2 fully saturated rings. The molecule has 2 aliphatic rings. The number of nitrogens with one attached hydrogen (secondary N) is 1. The van der Waals surface area contributed by atoms with Crippen molar-refractivity contribution >= 4 is 11.9 Å². The van der Waals surface area contributed by atoms with Gasteiger partial charge in [-0.1, -0.05) is 30.3 Å². The van der Waals surface area contributed by atoms with Gasteiger partial charge in [0, 0.05) is 78.9 Å². The topological polar surface area (TPSA) is 59.1 Å². The van der Waals surface area contributed by atoms with Gasteiger partial charge in [-0.25, -0.2) is 4.79 Å². The van der Waals surface area contributed by atoms with E-state index in [0.717, 1.165) is 64.5 Å². The van der Waals surface area contributed by atoms with Crippen LogP contribution >= 0.6 is 0 Å². The standard InChI is InChI=1S/C20H31N5O2/c1-22(17-18-5-3-2-4-6-18)20(27)25-15-13-23(14-16-25)10-7-19(26)24-11-8-21-9-12-24/h2-6,21H,7-17H2,1H3. The summed E-state index contributed by atoms with van der Waals surface area (Å²) >= 11 is 0. The van der Waals surface area contributed by atoms with Crippen LogP contribution in [-0.2, 0) is 11.3 Å². The maximum Gasteiger partial charge on any atom is 0.320 e. The molecule has 1 aromatic carbocycles. The molecule has 0 saturated carbocycles. The van der Waals surface area contributed by atoms with Gasteiger partial charge >= 0.3 is 6.03 Å². The highest BCUT2D eigenvalue weighted by Gasteiger charge is 2.24. The van der Waals surface area contributed by atoms with Crippen molar-refractivity contribution in [1.82, 2.24) is 24.9 Å². The predicted octanol–water partition coefficient (Wildman–Crippen LogP) is 0.678. The van der Waals surface area contributed by atoms with Crippen LogP contribution in [0.15, 0.2) is 30.3 Å². The summed E-state index contributed by atoms with van der Waals surface area (Å²) in [6.07, 6.45) is 0.571. The molecule has 0 unspecified atom stereocenters. The summed E-state index contributed by atoms with van der Waals surface area (Å²) in [5, 5.41) is 3.27. The fourth-order valence-corrected chi connectivity index (χ4v) is 3.66. The molecule has 2 heterocycles. The van der Waals surface area contributed by atoms with Crippen molar-refractivity contribution in [2.75, 3.05) is 66.0 Å². The van der Waals surface area contributed by atoms with Crippen LogP contribution < -0.4 is 5.32 Å². The maximum atomic E-state index is 12.6. The Hall–Kier alpha value is -2.12. The molecule has 7 heteroatoms. The molecule has 148 valence electrons. The Morgan fingerprint density at radius 2 is 1.63 bits per heavy atom. The summed E-state index contributed by atoms with van der Waals surface area (Å²) in [5.41, 5.74) is 1.14. The molecule has 2 aliphatic heterocycles. The van der Waals surface area contributed by atoms with Gasteiger partial charge in [0.1, 0.15) is 0 Å². The Morgan fingerprint density at radius 1 is 0.963 bits per heavy atom. The van der Waals surface area contributed by atoms with E-state index in [-0.39, 0.29) is 11.9 Å². The molecule has 0 aliphatic carbocycles. The van der Waals surface area contributed by atoms with Crippen molar-refractivity contribution < 1.29 is 9.59 Å². The van der Waals surface area contributed by atoms with Gasteiger partial charge < -0.3 is 20.0 Å². The summed E-state index contributed by atoms with van der Waals surface area (Å²) in [4.78, 5) is 32.9. The number of nitrogens with zero attached hydrogens (tertiary/aromatic N) is 4. The van der Waals surface area contributed by atoms with Crippen LogP contribution in [0.2, 0.25) is 0 Å². The van der Waals surface area contributed by atoms with E-state index in [1.54, 1.807) is 4.90 Å². The highest BCUT2D eigenvalue weighted by Crippen LogP contribution is 2.09. The van der Waals surface area contributed by atoms with Crippen LogP contribution in [0.25, 0.3) is 0 Å². The van der Waals surface area contributed by atoms with E-state index in [0.29, 0.717) is 13.0 Å². The van der Waals surface area contributed by atoms with E-state index in [2.05, 4.69) is 10.2 Å². The summed E-state index contributed by atoms with van der Waals surface area (Å²) in [6.45, 7) is 7.93. The third kappa shape index (κ3) is 5.68. The summed E-state index contributed by atoms with van der Waals surface area (Å²) in [7, 11) is 1.86. The Bertz CT molecular complexity index is 610. The van der Waals surface area contributed by atoms with E-state index in [1.165, 1.54) is 0 Å². The highest BCUT2D eigenvalue weighted by molar-refractivity contribution is 5.76. The van der Waals surface area contributed by atoms with Crippen LogP contribution in [0.3, 0.4) is 0 Å². The van der Waals surface area contributed by atoms with Crippen molar-refractivity contribution in [3.63, 3.8) is 0 Å². The molecule has 2 saturated heterocycles. The second-order valence-electron chi connectivity index (χ2n) is 7.33. The van der Waals surface area contributed by atoms with Crippen LogP contribution in [0, 0.1) is 0 Å². The van der Waals surface area contributed by atoms with Crippen molar-refractivity contribution in [2.24, 2.45) is 0 Å². The maximum absolute atomic E-state index is 12.6. The number of carbonyl (C=O) groups is 2. The zero-order chi connectivity index (χ0) is 19.1. The average molecular weight is 374 g/mol. The Labute approximate surface area is 161 Å². The van der Waals surface area contributed by atoms with Crippen LogP contribution in [0.5, 0.6) is 0 Å². The zero-order valence-electron chi connectivity index (χ0n) is 16.3. The number of piperazine rings is 2. The molecule has 0 radical (unpaired) electrons. The highest BCUT2D eigenvalue weighted by atomic mass is 16.2. The van der Waals surface area contributed by atoms with Crippen molar-refractivity contribution in [2.45, 2.75) is 13.0 Å². The first-order valence-corrected chi connectivity index (χ1v) is 9.88. The van der Waals surface area contributed by atoms with Gasteiger partial charge in [0.2, 0.25) is 5.91 Å². The number of urea groups is 1. The summed E-state index contributed by atoms with van der Waals surface area (Å²) in [6, 6.07) is 10.1. The lowest BCUT2D eigenvalue weighted by Gasteiger charge is -2.37. The van der Waals surface area contributed by atoms with Crippen LogP contribution in [-0.4, -0.2) is 97.5 Å². The second kappa shape index (κ2) is 9.71. The first-order chi connectivity index (χ1) is 13.1. The fraction of sp³-hybridized carbons (Fsp3) is 0.600. The minimum absolute atomic E-state index is 0.0791. The zero-order valence-corrected chi connectivity index (χ0v) is 16.3. The molecule has 3 amide bonds.